The van der Waals surface area contributed by atoms with E-state index in [0.717, 1.165) is 31.3 Å². The van der Waals surface area contributed by atoms with Gasteiger partial charge in [-0.1, -0.05) is 11.8 Å². The molecule has 2 N–H and O–H groups in total. The summed E-state index contributed by atoms with van der Waals surface area (Å²) in [6.07, 6.45) is 1.96. The van der Waals surface area contributed by atoms with Crippen LogP contribution in [0.4, 0.5) is 0 Å². The van der Waals surface area contributed by atoms with Gasteiger partial charge in [0.1, 0.15) is 0 Å². The third kappa shape index (κ3) is 3.55. The quantitative estimate of drug-likeness (QED) is 0.358. The fourth-order valence-electron chi connectivity index (χ4n) is 1.23. The van der Waals surface area contributed by atoms with Gasteiger partial charge in [-0.25, -0.2) is 5.43 Å². The smallest absolute Gasteiger partial charge is 0.237 e. The molecule has 0 spiro atoms. The average molecular weight is 216 g/mol. The number of hydrazone groups is 1. The highest BCUT2D eigenvalue weighted by atomic mass is 32.2. The van der Waals surface area contributed by atoms with Crippen LogP contribution in [0.1, 0.15) is 6.92 Å². The van der Waals surface area contributed by atoms with E-state index in [0.29, 0.717) is 0 Å². The second-order valence-electron chi connectivity index (χ2n) is 3.00. The van der Waals surface area contributed by atoms with E-state index in [9.17, 15) is 4.79 Å². The Morgan fingerprint density at radius 3 is 2.64 bits per heavy atom. The van der Waals surface area contributed by atoms with E-state index in [1.165, 1.54) is 6.92 Å². The Bertz CT molecular complexity index is 225. The maximum Gasteiger partial charge on any atom is 0.237 e. The fraction of sp³-hybridized carbons (Fsp3) is 0.750. The van der Waals surface area contributed by atoms with Crippen LogP contribution >= 0.6 is 11.8 Å². The number of hydrogen-bond donors (Lipinski definition) is 2. The largest absolute Gasteiger partial charge is 0.347 e. The topological polar surface area (TPSA) is 56.7 Å². The zero-order chi connectivity index (χ0) is 10.4. The number of piperazine rings is 1. The lowest BCUT2D eigenvalue weighted by Gasteiger charge is -2.29. The minimum absolute atomic E-state index is 0.133. The summed E-state index contributed by atoms with van der Waals surface area (Å²) in [5.41, 5.74) is 2.46. The van der Waals surface area contributed by atoms with Gasteiger partial charge in [0, 0.05) is 33.1 Å². The van der Waals surface area contributed by atoms with Crippen molar-refractivity contribution in [1.29, 1.82) is 0 Å². The Morgan fingerprint density at radius 1 is 1.50 bits per heavy atom. The summed E-state index contributed by atoms with van der Waals surface area (Å²) in [6, 6.07) is 0. The summed E-state index contributed by atoms with van der Waals surface area (Å²) in [7, 11) is 0. The van der Waals surface area contributed by atoms with Gasteiger partial charge in [-0.3, -0.25) is 4.79 Å². The number of carbonyl (C=O) groups excluding carboxylic acids is 1. The molecule has 6 heteroatoms. The molecule has 0 bridgehead atoms. The summed E-state index contributed by atoms with van der Waals surface area (Å²) in [5.74, 6) is -0.133. The van der Waals surface area contributed by atoms with Crippen LogP contribution in [0.25, 0.3) is 0 Å². The molecule has 80 valence electrons. The minimum atomic E-state index is -0.133. The summed E-state index contributed by atoms with van der Waals surface area (Å²) in [4.78, 5) is 12.9. The van der Waals surface area contributed by atoms with Crippen molar-refractivity contribution >= 4 is 22.8 Å². The summed E-state index contributed by atoms with van der Waals surface area (Å²) in [5, 5.41) is 8.19. The van der Waals surface area contributed by atoms with Crippen LogP contribution in [0.15, 0.2) is 5.10 Å². The van der Waals surface area contributed by atoms with Crippen molar-refractivity contribution in [2.24, 2.45) is 5.10 Å². The lowest BCUT2D eigenvalue weighted by Crippen LogP contribution is -2.46. The first-order valence-corrected chi connectivity index (χ1v) is 5.80. The highest BCUT2D eigenvalue weighted by Crippen LogP contribution is 2.05. The van der Waals surface area contributed by atoms with E-state index < -0.39 is 0 Å². The van der Waals surface area contributed by atoms with E-state index in [2.05, 4.69) is 20.7 Å². The van der Waals surface area contributed by atoms with Crippen LogP contribution in [0.5, 0.6) is 0 Å². The zero-order valence-electron chi connectivity index (χ0n) is 8.54. The Kier molecular flexibility index (Phi) is 4.75. The third-order valence-corrected chi connectivity index (χ3v) is 2.59. The molecule has 0 radical (unpaired) electrons. The number of hydrogen-bond acceptors (Lipinski definition) is 4. The molecule has 5 nitrogen and oxygen atoms in total. The van der Waals surface area contributed by atoms with Crippen LogP contribution in [-0.2, 0) is 4.79 Å². The lowest BCUT2D eigenvalue weighted by molar-refractivity contribution is -0.118. The monoisotopic (exact) mass is 216 g/mol. The molecule has 1 rings (SSSR count). The highest BCUT2D eigenvalue weighted by molar-refractivity contribution is 8.13. The molecule has 0 aromatic carbocycles. The summed E-state index contributed by atoms with van der Waals surface area (Å²) >= 11 is 1.55. The Morgan fingerprint density at radius 2 is 2.14 bits per heavy atom. The number of nitrogens with zero attached hydrogens (tertiary/aromatic N) is 2. The lowest BCUT2D eigenvalue weighted by atomic mass is 10.4. The van der Waals surface area contributed by atoms with Gasteiger partial charge in [-0.2, -0.15) is 0 Å². The Hall–Kier alpha value is -0.750. The number of carbonyl (C=O) groups is 1. The van der Waals surface area contributed by atoms with Crippen LogP contribution < -0.4 is 10.7 Å². The van der Waals surface area contributed by atoms with Crippen molar-refractivity contribution in [2.75, 3.05) is 32.4 Å². The SMILES string of the molecule is CS/C(=N\NC(C)=O)N1CCNCC1. The molecule has 0 aliphatic carbocycles. The van der Waals surface area contributed by atoms with Crippen LogP contribution in [-0.4, -0.2) is 48.4 Å². The first kappa shape index (κ1) is 11.3. The molecular formula is C8H16N4OS. The second kappa shape index (κ2) is 5.87. The summed E-state index contributed by atoms with van der Waals surface area (Å²) in [6.45, 7) is 5.29. The number of amidine groups is 1. The van der Waals surface area contributed by atoms with Gasteiger partial charge >= 0.3 is 0 Å². The van der Waals surface area contributed by atoms with Crippen molar-refractivity contribution in [3.8, 4) is 0 Å². The van der Waals surface area contributed by atoms with Crippen molar-refractivity contribution in [3.63, 3.8) is 0 Å². The zero-order valence-corrected chi connectivity index (χ0v) is 9.36. The first-order chi connectivity index (χ1) is 6.74. The van der Waals surface area contributed by atoms with E-state index in [4.69, 9.17) is 0 Å². The molecule has 1 heterocycles. The van der Waals surface area contributed by atoms with E-state index in [1.807, 2.05) is 6.26 Å². The molecule has 1 fully saturated rings. The molecule has 0 atom stereocenters. The van der Waals surface area contributed by atoms with Crippen molar-refractivity contribution < 1.29 is 4.79 Å². The maximum absolute atomic E-state index is 10.7. The van der Waals surface area contributed by atoms with Crippen molar-refractivity contribution in [3.05, 3.63) is 0 Å². The van der Waals surface area contributed by atoms with Gasteiger partial charge in [0.2, 0.25) is 5.91 Å². The Labute approximate surface area is 88.3 Å². The van der Waals surface area contributed by atoms with Gasteiger partial charge in [0.05, 0.1) is 0 Å². The maximum atomic E-state index is 10.7. The normalized spacial score (nSPS) is 18.1. The van der Waals surface area contributed by atoms with Gasteiger partial charge in [-0.15, -0.1) is 5.10 Å². The molecule has 1 aliphatic rings. The van der Waals surface area contributed by atoms with Gasteiger partial charge < -0.3 is 10.2 Å². The van der Waals surface area contributed by atoms with E-state index in [1.54, 1.807) is 11.8 Å². The molecule has 14 heavy (non-hydrogen) atoms. The Balaban J connectivity index is 2.50. The number of amides is 1. The minimum Gasteiger partial charge on any atom is -0.347 e. The number of nitrogens with one attached hydrogen (secondary N) is 2. The summed E-state index contributed by atoms with van der Waals surface area (Å²) < 4.78 is 0. The fourth-order valence-corrected chi connectivity index (χ4v) is 1.81. The van der Waals surface area contributed by atoms with E-state index in [-0.39, 0.29) is 5.91 Å². The third-order valence-electron chi connectivity index (χ3n) is 1.88. The number of thioether (sulfide) groups is 1. The average Bonchev–Trinajstić information content (AvgIpc) is 2.20. The highest BCUT2D eigenvalue weighted by Gasteiger charge is 2.13. The second-order valence-corrected chi connectivity index (χ2v) is 3.78. The molecular weight excluding hydrogens is 200 g/mol. The van der Waals surface area contributed by atoms with Gasteiger partial charge in [-0.05, 0) is 6.26 Å². The van der Waals surface area contributed by atoms with Crippen LogP contribution in [0.3, 0.4) is 0 Å². The molecule has 0 aromatic rings. The molecule has 1 aliphatic heterocycles. The van der Waals surface area contributed by atoms with Crippen LogP contribution in [0, 0.1) is 0 Å². The molecule has 0 saturated carbocycles. The van der Waals surface area contributed by atoms with Gasteiger partial charge in [0.25, 0.3) is 0 Å². The van der Waals surface area contributed by atoms with E-state index >= 15 is 0 Å². The first-order valence-electron chi connectivity index (χ1n) is 4.58. The van der Waals surface area contributed by atoms with Crippen LogP contribution in [0.2, 0.25) is 0 Å². The van der Waals surface area contributed by atoms with Crippen molar-refractivity contribution in [1.82, 2.24) is 15.6 Å². The predicted octanol–water partition coefficient (Wildman–Crippen LogP) is -0.338. The molecule has 1 saturated heterocycles. The standard InChI is InChI=1S/C8H16N4OS/c1-7(13)10-11-8(14-2)12-5-3-9-4-6-12/h9H,3-6H2,1-2H3,(H,10,13)/b11-8-. The van der Waals surface area contributed by atoms with Gasteiger partial charge in [0.15, 0.2) is 5.17 Å². The predicted molar refractivity (Wildman–Crippen MR) is 59.2 cm³/mol. The molecule has 0 aromatic heterocycles. The molecule has 1 amide bonds. The van der Waals surface area contributed by atoms with Crippen molar-refractivity contribution in [2.45, 2.75) is 6.92 Å². The molecule has 0 unspecified atom stereocenters. The number of rotatable bonds is 1.